The highest BCUT2D eigenvalue weighted by molar-refractivity contribution is 9.10. The predicted molar refractivity (Wildman–Crippen MR) is 90.4 cm³/mol. The van der Waals surface area contributed by atoms with Crippen molar-refractivity contribution in [2.75, 3.05) is 6.61 Å². The Labute approximate surface area is 143 Å². The molecule has 120 valence electrons. The van der Waals surface area contributed by atoms with Gasteiger partial charge >= 0.3 is 11.9 Å². The summed E-state index contributed by atoms with van der Waals surface area (Å²) in [7, 11) is 0. The van der Waals surface area contributed by atoms with Crippen molar-refractivity contribution in [1.82, 2.24) is 0 Å². The smallest absolute Gasteiger partial charge is 0.346 e. The average Bonchev–Trinajstić information content (AvgIpc) is 2.96. The van der Waals surface area contributed by atoms with Crippen molar-refractivity contribution in [3.63, 3.8) is 0 Å². The van der Waals surface area contributed by atoms with E-state index >= 15 is 0 Å². The van der Waals surface area contributed by atoms with Gasteiger partial charge in [0.25, 0.3) is 0 Å². The van der Waals surface area contributed by atoms with E-state index in [9.17, 15) is 4.79 Å². The molecule has 0 spiro atoms. The number of halogens is 1. The quantitative estimate of drug-likeness (QED) is 0.694. The molecule has 3 rings (SSSR count). The molecular weight excluding hydrogens is 360 g/mol. The Morgan fingerprint density at radius 1 is 1.30 bits per heavy atom. The highest BCUT2D eigenvalue weighted by Gasteiger charge is 2.45. The summed E-state index contributed by atoms with van der Waals surface area (Å²) >= 11 is 3.33. The average molecular weight is 377 g/mol. The zero-order valence-corrected chi connectivity index (χ0v) is 14.6. The molecule has 1 aromatic heterocycles. The van der Waals surface area contributed by atoms with E-state index in [2.05, 4.69) is 22.5 Å². The fourth-order valence-electron chi connectivity index (χ4n) is 2.63. The van der Waals surface area contributed by atoms with Crippen molar-refractivity contribution in [1.29, 1.82) is 0 Å². The fourth-order valence-corrected chi connectivity index (χ4v) is 3.45. The van der Waals surface area contributed by atoms with Crippen LogP contribution in [0, 0.1) is 0 Å². The van der Waals surface area contributed by atoms with E-state index in [1.54, 1.807) is 0 Å². The fraction of sp³-hybridized carbons (Fsp3) is 0.278. The molecule has 1 aliphatic heterocycles. The van der Waals surface area contributed by atoms with Gasteiger partial charge in [-0.3, -0.25) is 0 Å². The number of carbonyl (C=O) groups is 1. The normalized spacial score (nSPS) is 15.2. The van der Waals surface area contributed by atoms with E-state index in [-0.39, 0.29) is 5.95 Å². The molecule has 0 radical (unpaired) electrons. The minimum absolute atomic E-state index is 0.198. The van der Waals surface area contributed by atoms with Gasteiger partial charge in [0.05, 0.1) is 12.2 Å². The second-order valence-electron chi connectivity index (χ2n) is 5.88. The Hall–Kier alpha value is -2.01. The van der Waals surface area contributed by atoms with Crippen LogP contribution in [0.3, 0.4) is 0 Å². The Bertz CT molecular complexity index is 759. The number of hydrogen-bond acceptors (Lipinski definition) is 4. The van der Waals surface area contributed by atoms with Crippen LogP contribution in [-0.2, 0) is 10.3 Å². The van der Waals surface area contributed by atoms with Crippen LogP contribution in [0.4, 0.5) is 0 Å². The number of rotatable bonds is 5. The molecule has 1 aliphatic rings. The summed E-state index contributed by atoms with van der Waals surface area (Å²) in [5, 5.41) is 0. The zero-order chi connectivity index (χ0) is 16.6. The van der Waals surface area contributed by atoms with Crippen LogP contribution in [0.25, 0.3) is 5.57 Å². The van der Waals surface area contributed by atoms with Crippen molar-refractivity contribution in [2.24, 2.45) is 0 Å². The summed E-state index contributed by atoms with van der Waals surface area (Å²) in [6, 6.07) is 9.91. The predicted octanol–water partition coefficient (Wildman–Crippen LogP) is 4.93. The van der Waals surface area contributed by atoms with Crippen LogP contribution in [0.5, 0.6) is 5.95 Å². The minimum atomic E-state index is -0.718. The van der Waals surface area contributed by atoms with Gasteiger partial charge < -0.3 is 13.9 Å². The number of ether oxygens (including phenoxy) is 2. The third-order valence-electron chi connectivity index (χ3n) is 3.81. The Kier molecular flexibility index (Phi) is 4.06. The number of esters is 1. The van der Waals surface area contributed by atoms with E-state index in [0.717, 1.165) is 11.1 Å². The van der Waals surface area contributed by atoms with Crippen molar-refractivity contribution in [3.8, 4) is 5.95 Å². The van der Waals surface area contributed by atoms with Gasteiger partial charge in [-0.1, -0.05) is 36.9 Å². The highest BCUT2D eigenvalue weighted by atomic mass is 79.9. The van der Waals surface area contributed by atoms with Crippen molar-refractivity contribution < 1.29 is 18.7 Å². The molecule has 5 heteroatoms. The van der Waals surface area contributed by atoms with Gasteiger partial charge in [0.1, 0.15) is 5.60 Å². The van der Waals surface area contributed by atoms with Gasteiger partial charge in [0.2, 0.25) is 0 Å². The maximum absolute atomic E-state index is 12.0. The van der Waals surface area contributed by atoms with Crippen LogP contribution < -0.4 is 4.74 Å². The first-order chi connectivity index (χ1) is 10.9. The molecule has 2 heterocycles. The number of hydrogen-bond donors (Lipinski definition) is 0. The molecule has 0 unspecified atom stereocenters. The zero-order valence-electron chi connectivity index (χ0n) is 13.0. The highest BCUT2D eigenvalue weighted by Crippen LogP contribution is 2.46. The van der Waals surface area contributed by atoms with Gasteiger partial charge in [-0.2, -0.15) is 0 Å². The molecule has 0 bridgehead atoms. The lowest BCUT2D eigenvalue weighted by Crippen LogP contribution is -2.16. The second kappa shape index (κ2) is 5.89. The Balaban J connectivity index is 1.70. The third-order valence-corrected chi connectivity index (χ3v) is 4.36. The van der Waals surface area contributed by atoms with Gasteiger partial charge in [0, 0.05) is 6.42 Å². The Morgan fingerprint density at radius 3 is 2.70 bits per heavy atom. The van der Waals surface area contributed by atoms with Crippen molar-refractivity contribution >= 4 is 27.5 Å². The Morgan fingerprint density at radius 2 is 2.00 bits per heavy atom. The van der Waals surface area contributed by atoms with Gasteiger partial charge in [-0.05, 0) is 40.9 Å². The minimum Gasteiger partial charge on any atom is -0.464 e. The van der Waals surface area contributed by atoms with E-state index in [0.29, 0.717) is 28.8 Å². The lowest BCUT2D eigenvalue weighted by atomic mass is 10.0. The molecule has 0 N–H and O–H groups in total. The molecule has 4 nitrogen and oxygen atoms in total. The van der Waals surface area contributed by atoms with Crippen molar-refractivity contribution in [2.45, 2.75) is 25.9 Å². The molecule has 0 amide bonds. The lowest BCUT2D eigenvalue weighted by Gasteiger charge is -2.16. The number of carbonyl (C=O) groups excluding carboxylic acids is 1. The summed E-state index contributed by atoms with van der Waals surface area (Å²) in [5.41, 5.74) is 2.38. The topological polar surface area (TPSA) is 48.7 Å². The molecule has 0 aliphatic carbocycles. The van der Waals surface area contributed by atoms with Crippen LogP contribution in [0.1, 0.15) is 41.8 Å². The molecule has 0 fully saturated rings. The van der Waals surface area contributed by atoms with E-state index in [1.165, 1.54) is 0 Å². The molecule has 1 aromatic carbocycles. The maximum atomic E-state index is 12.0. The first-order valence-corrected chi connectivity index (χ1v) is 8.11. The largest absolute Gasteiger partial charge is 0.464 e. The summed E-state index contributed by atoms with van der Waals surface area (Å²) in [6.07, 6.45) is 0.634. The molecule has 23 heavy (non-hydrogen) atoms. The summed E-state index contributed by atoms with van der Waals surface area (Å²) in [4.78, 5) is 12.0. The van der Waals surface area contributed by atoms with Crippen LogP contribution in [-0.4, -0.2) is 12.6 Å². The molecule has 0 saturated heterocycles. The molecule has 0 atom stereocenters. The summed E-state index contributed by atoms with van der Waals surface area (Å²) in [5.74, 6) is -0.223. The van der Waals surface area contributed by atoms with Crippen molar-refractivity contribution in [3.05, 3.63) is 58.3 Å². The van der Waals surface area contributed by atoms with Gasteiger partial charge in [0.15, 0.2) is 10.2 Å². The lowest BCUT2D eigenvalue weighted by molar-refractivity contribution is 0.00764. The summed E-state index contributed by atoms with van der Waals surface area (Å²) in [6.45, 7) is 8.06. The third kappa shape index (κ3) is 2.93. The van der Waals surface area contributed by atoms with Gasteiger partial charge in [-0.25, -0.2) is 4.79 Å². The van der Waals surface area contributed by atoms with Crippen LogP contribution >= 0.6 is 15.9 Å². The first-order valence-electron chi connectivity index (χ1n) is 7.32. The second-order valence-corrected chi connectivity index (χ2v) is 6.60. The molecular formula is C18H17BrO4. The summed E-state index contributed by atoms with van der Waals surface area (Å²) < 4.78 is 17.0. The number of cyclic esters (lactones) is 1. The van der Waals surface area contributed by atoms with E-state index < -0.39 is 11.6 Å². The maximum Gasteiger partial charge on any atom is 0.346 e. The first kappa shape index (κ1) is 15.9. The SMILES string of the molecule is C=C(CCOc1oc(Br)c2c1C(=O)OC2(C)C)c1ccccc1. The van der Waals surface area contributed by atoms with Crippen LogP contribution in [0.15, 0.2) is 46.0 Å². The monoisotopic (exact) mass is 376 g/mol. The number of furan rings is 1. The molecule has 0 saturated carbocycles. The number of fused-ring (bicyclic) bond motifs is 1. The van der Waals surface area contributed by atoms with Crippen LogP contribution in [0.2, 0.25) is 0 Å². The van der Waals surface area contributed by atoms with E-state index in [1.807, 2.05) is 44.2 Å². The number of benzene rings is 1. The van der Waals surface area contributed by atoms with E-state index in [4.69, 9.17) is 13.9 Å². The van der Waals surface area contributed by atoms with Gasteiger partial charge in [-0.15, -0.1) is 0 Å². The molecule has 2 aromatic rings. The standard InChI is InChI=1S/C18H17BrO4/c1-11(12-7-5-4-6-8-12)9-10-21-17-13-14(15(19)22-17)18(2,3)23-16(13)20/h4-8H,1,9-10H2,2-3H3.